The molecule has 1 saturated heterocycles. The maximum absolute atomic E-state index is 12.8. The van der Waals surface area contributed by atoms with Gasteiger partial charge in [-0.3, -0.25) is 9.69 Å². The van der Waals surface area contributed by atoms with Crippen molar-refractivity contribution in [3.63, 3.8) is 0 Å². The Labute approximate surface area is 209 Å². The number of benzene rings is 2. The lowest BCUT2D eigenvalue weighted by molar-refractivity contribution is -0.122. The van der Waals surface area contributed by atoms with Crippen LogP contribution in [0, 0.1) is 0 Å². The Morgan fingerprint density at radius 3 is 2.53 bits per heavy atom. The summed E-state index contributed by atoms with van der Waals surface area (Å²) in [7, 11) is 0. The van der Waals surface area contributed by atoms with Crippen molar-refractivity contribution in [2.75, 3.05) is 24.5 Å². The van der Waals surface area contributed by atoms with Gasteiger partial charge in [-0.1, -0.05) is 60.2 Å². The normalized spacial score (nSPS) is 15.0. The average molecular weight is 510 g/mol. The fraction of sp³-hybridized carbons (Fsp3) is 0.333. The highest BCUT2D eigenvalue weighted by Gasteiger charge is 2.31. The molecule has 2 aromatic carbocycles. The van der Waals surface area contributed by atoms with E-state index < -0.39 is 0 Å². The number of halogens is 2. The van der Waals surface area contributed by atoms with Crippen molar-refractivity contribution >= 4 is 69.2 Å². The highest BCUT2D eigenvalue weighted by Crippen LogP contribution is 2.36. The van der Waals surface area contributed by atoms with E-state index in [1.54, 1.807) is 17.0 Å². The molecular weight excluding hydrogens is 483 g/mol. The molecule has 170 valence electrons. The number of anilines is 1. The Kier molecular flexibility index (Phi) is 8.88. The first-order valence-corrected chi connectivity index (χ1v) is 12.6. The maximum atomic E-state index is 12.8. The fourth-order valence-electron chi connectivity index (χ4n) is 3.40. The highest BCUT2D eigenvalue weighted by molar-refractivity contribution is 8.26. The molecule has 0 N–H and O–H groups in total. The summed E-state index contributed by atoms with van der Waals surface area (Å²) < 4.78 is 6.80. The van der Waals surface area contributed by atoms with E-state index >= 15 is 0 Å². The number of hydrogen-bond acceptors (Lipinski definition) is 5. The maximum Gasteiger partial charge on any atom is 0.266 e. The second-order valence-corrected chi connectivity index (χ2v) is 9.77. The molecular formula is C24H26Cl2N2O2S2. The molecule has 4 nitrogen and oxygen atoms in total. The first-order valence-electron chi connectivity index (χ1n) is 10.6. The average Bonchev–Trinajstić information content (AvgIpc) is 3.03. The van der Waals surface area contributed by atoms with Gasteiger partial charge in [0.25, 0.3) is 5.91 Å². The molecule has 0 unspecified atom stereocenters. The Morgan fingerprint density at radius 1 is 1.12 bits per heavy atom. The SMILES string of the molecule is CCCN1C(=O)/C(=C/c2ccc(N(CC)CC)cc2OCc2ccc(Cl)cc2Cl)SC1=S. The van der Waals surface area contributed by atoms with Crippen molar-refractivity contribution < 1.29 is 9.53 Å². The van der Waals surface area contributed by atoms with Crippen LogP contribution in [0.1, 0.15) is 38.3 Å². The third-order valence-electron chi connectivity index (χ3n) is 5.13. The topological polar surface area (TPSA) is 32.8 Å². The van der Waals surface area contributed by atoms with E-state index in [4.69, 9.17) is 40.2 Å². The van der Waals surface area contributed by atoms with Crippen LogP contribution < -0.4 is 9.64 Å². The molecule has 32 heavy (non-hydrogen) atoms. The molecule has 0 atom stereocenters. The van der Waals surface area contributed by atoms with Crippen molar-refractivity contribution in [1.82, 2.24) is 4.90 Å². The van der Waals surface area contributed by atoms with Gasteiger partial charge >= 0.3 is 0 Å². The number of rotatable bonds is 9. The van der Waals surface area contributed by atoms with Gasteiger partial charge in [0, 0.05) is 52.6 Å². The van der Waals surface area contributed by atoms with Crippen molar-refractivity contribution in [3.8, 4) is 5.75 Å². The van der Waals surface area contributed by atoms with E-state index in [1.807, 2.05) is 37.3 Å². The molecule has 8 heteroatoms. The van der Waals surface area contributed by atoms with E-state index in [2.05, 4.69) is 18.7 Å². The highest BCUT2D eigenvalue weighted by atomic mass is 35.5. The number of amides is 1. The summed E-state index contributed by atoms with van der Waals surface area (Å²) in [5.74, 6) is 0.627. The van der Waals surface area contributed by atoms with E-state index in [0.29, 0.717) is 31.6 Å². The molecule has 3 rings (SSSR count). The summed E-state index contributed by atoms with van der Waals surface area (Å²) >= 11 is 19.1. The molecule has 1 amide bonds. The van der Waals surface area contributed by atoms with E-state index in [9.17, 15) is 4.79 Å². The fourth-order valence-corrected chi connectivity index (χ4v) is 5.17. The molecule has 1 fully saturated rings. The molecule has 0 spiro atoms. The Hall–Kier alpha value is -1.73. The van der Waals surface area contributed by atoms with Crippen LogP contribution in [-0.2, 0) is 11.4 Å². The third kappa shape index (κ3) is 5.79. The Morgan fingerprint density at radius 2 is 1.88 bits per heavy atom. The molecule has 2 aromatic rings. The largest absolute Gasteiger partial charge is 0.488 e. The summed E-state index contributed by atoms with van der Waals surface area (Å²) in [5, 5.41) is 1.14. The van der Waals surface area contributed by atoms with Crippen LogP contribution in [0.25, 0.3) is 6.08 Å². The monoisotopic (exact) mass is 508 g/mol. The van der Waals surface area contributed by atoms with Crippen LogP contribution in [-0.4, -0.2) is 34.8 Å². The van der Waals surface area contributed by atoms with Crippen LogP contribution >= 0.6 is 47.2 Å². The van der Waals surface area contributed by atoms with E-state index in [-0.39, 0.29) is 12.5 Å². The van der Waals surface area contributed by atoms with Crippen LogP contribution in [0.15, 0.2) is 41.3 Å². The van der Waals surface area contributed by atoms with Gasteiger partial charge in [0.2, 0.25) is 0 Å². The summed E-state index contributed by atoms with van der Waals surface area (Å²) in [6, 6.07) is 11.4. The Bertz CT molecular complexity index is 1040. The quantitative estimate of drug-likeness (QED) is 0.268. The van der Waals surface area contributed by atoms with Gasteiger partial charge in [0.1, 0.15) is 16.7 Å². The first kappa shape index (κ1) is 24.9. The van der Waals surface area contributed by atoms with Gasteiger partial charge in [0.15, 0.2) is 0 Å². The summed E-state index contributed by atoms with van der Waals surface area (Å²) in [6.45, 7) is 8.94. The predicted molar refractivity (Wildman–Crippen MR) is 141 cm³/mol. The summed E-state index contributed by atoms with van der Waals surface area (Å²) in [4.78, 5) is 17.3. The molecule has 1 heterocycles. The lowest BCUT2D eigenvalue weighted by Gasteiger charge is -2.22. The first-order chi connectivity index (χ1) is 15.4. The van der Waals surface area contributed by atoms with Crippen LogP contribution in [0.5, 0.6) is 5.75 Å². The zero-order chi connectivity index (χ0) is 23.3. The number of nitrogens with zero attached hydrogens (tertiary/aromatic N) is 2. The number of ether oxygens (including phenoxy) is 1. The minimum Gasteiger partial charge on any atom is -0.488 e. The van der Waals surface area contributed by atoms with Crippen LogP contribution in [0.2, 0.25) is 10.0 Å². The van der Waals surface area contributed by atoms with Crippen LogP contribution in [0.4, 0.5) is 5.69 Å². The zero-order valence-corrected chi connectivity index (χ0v) is 21.5. The van der Waals surface area contributed by atoms with Gasteiger partial charge in [-0.2, -0.15) is 0 Å². The van der Waals surface area contributed by atoms with Crippen molar-refractivity contribution in [3.05, 3.63) is 62.5 Å². The number of carbonyl (C=O) groups is 1. The number of thiocarbonyl (C=S) groups is 1. The molecule has 1 aliphatic rings. The molecule has 0 saturated carbocycles. The summed E-state index contributed by atoms with van der Waals surface area (Å²) in [5.41, 5.74) is 2.72. The van der Waals surface area contributed by atoms with Gasteiger partial charge < -0.3 is 9.64 Å². The zero-order valence-electron chi connectivity index (χ0n) is 18.4. The molecule has 0 bridgehead atoms. The van der Waals surface area contributed by atoms with E-state index in [1.165, 1.54) is 11.8 Å². The molecule has 1 aliphatic heterocycles. The van der Waals surface area contributed by atoms with Gasteiger partial charge in [-0.15, -0.1) is 0 Å². The second kappa shape index (κ2) is 11.4. The van der Waals surface area contributed by atoms with Crippen molar-refractivity contribution in [2.45, 2.75) is 33.8 Å². The van der Waals surface area contributed by atoms with Crippen LogP contribution in [0.3, 0.4) is 0 Å². The third-order valence-corrected chi connectivity index (χ3v) is 7.10. The van der Waals surface area contributed by atoms with E-state index in [0.717, 1.165) is 36.3 Å². The lowest BCUT2D eigenvalue weighted by Crippen LogP contribution is -2.28. The second-order valence-electron chi connectivity index (χ2n) is 7.25. The minimum absolute atomic E-state index is 0.0543. The van der Waals surface area contributed by atoms with Gasteiger partial charge in [-0.25, -0.2) is 0 Å². The smallest absolute Gasteiger partial charge is 0.266 e. The minimum atomic E-state index is -0.0543. The number of hydrogen-bond donors (Lipinski definition) is 0. The molecule has 0 aromatic heterocycles. The number of carbonyl (C=O) groups excluding carboxylic acids is 1. The molecule has 0 aliphatic carbocycles. The van der Waals surface area contributed by atoms with Crippen molar-refractivity contribution in [2.24, 2.45) is 0 Å². The molecule has 0 radical (unpaired) electrons. The Balaban J connectivity index is 1.94. The van der Waals surface area contributed by atoms with Gasteiger partial charge in [0.05, 0.1) is 4.91 Å². The summed E-state index contributed by atoms with van der Waals surface area (Å²) in [6.07, 6.45) is 2.72. The van der Waals surface area contributed by atoms with Gasteiger partial charge in [-0.05, 0) is 50.6 Å². The predicted octanol–water partition coefficient (Wildman–Crippen LogP) is 7.03. The lowest BCUT2D eigenvalue weighted by atomic mass is 10.1. The standard InChI is InChI=1S/C24H26Cl2N2O2S2/c1-4-11-28-23(29)22(32-24(28)31)12-16-8-10-19(27(5-2)6-3)14-21(16)30-15-17-7-9-18(25)13-20(17)26/h7-10,12-14H,4-6,11,15H2,1-3H3/b22-12-. The van der Waals surface area contributed by atoms with Crippen molar-refractivity contribution in [1.29, 1.82) is 0 Å². The number of thioether (sulfide) groups is 1.